The zero-order valence-electron chi connectivity index (χ0n) is 13.1. The molecular formula is C15H23FN4O2. The molecule has 6 nitrogen and oxygen atoms in total. The van der Waals surface area contributed by atoms with Crippen LogP contribution in [0.25, 0.3) is 0 Å². The molecule has 2 rings (SSSR count). The van der Waals surface area contributed by atoms with E-state index in [2.05, 4.69) is 29.1 Å². The van der Waals surface area contributed by atoms with E-state index in [9.17, 15) is 9.18 Å². The number of halogens is 1. The van der Waals surface area contributed by atoms with Gasteiger partial charge in [0.25, 0.3) is 0 Å². The number of hydrogen-bond acceptors (Lipinski definition) is 4. The van der Waals surface area contributed by atoms with Gasteiger partial charge in [-0.15, -0.1) is 0 Å². The molecule has 2 heterocycles. The number of nitrogens with one attached hydrogen (secondary N) is 1. The molecule has 1 aromatic rings. The van der Waals surface area contributed by atoms with Gasteiger partial charge in [0.1, 0.15) is 6.10 Å². The fraction of sp³-hybridized carbons (Fsp3) is 0.667. The SMILES string of the molecule is CCC(CC)NC(=O)N1CCCC(Oc2ncc(F)cn2)C1. The normalized spacial score (nSPS) is 18.4. The van der Waals surface area contributed by atoms with E-state index in [1.807, 2.05) is 0 Å². The summed E-state index contributed by atoms with van der Waals surface area (Å²) in [7, 11) is 0. The zero-order chi connectivity index (χ0) is 15.9. The lowest BCUT2D eigenvalue weighted by atomic mass is 10.1. The van der Waals surface area contributed by atoms with Crippen LogP contribution in [-0.2, 0) is 0 Å². The highest BCUT2D eigenvalue weighted by molar-refractivity contribution is 5.74. The molecule has 1 aliphatic heterocycles. The summed E-state index contributed by atoms with van der Waals surface area (Å²) >= 11 is 0. The summed E-state index contributed by atoms with van der Waals surface area (Å²) in [6.45, 7) is 5.33. The summed E-state index contributed by atoms with van der Waals surface area (Å²) in [6.07, 6.45) is 5.51. The summed E-state index contributed by atoms with van der Waals surface area (Å²) in [5.74, 6) is -0.498. The largest absolute Gasteiger partial charge is 0.458 e. The Hall–Kier alpha value is -1.92. The molecule has 1 N–H and O–H groups in total. The van der Waals surface area contributed by atoms with Gasteiger partial charge in [-0.1, -0.05) is 13.8 Å². The maximum absolute atomic E-state index is 12.8. The third-order valence-electron chi connectivity index (χ3n) is 3.85. The lowest BCUT2D eigenvalue weighted by Gasteiger charge is -2.33. The molecule has 1 unspecified atom stereocenters. The Kier molecular flexibility index (Phi) is 5.91. The van der Waals surface area contributed by atoms with Crippen molar-refractivity contribution in [1.29, 1.82) is 0 Å². The van der Waals surface area contributed by atoms with E-state index in [4.69, 9.17) is 4.74 Å². The smallest absolute Gasteiger partial charge is 0.317 e. The zero-order valence-corrected chi connectivity index (χ0v) is 13.1. The molecule has 1 aromatic heterocycles. The molecule has 0 spiro atoms. The van der Waals surface area contributed by atoms with Crippen LogP contribution >= 0.6 is 0 Å². The molecule has 1 atom stereocenters. The highest BCUT2D eigenvalue weighted by Gasteiger charge is 2.26. The van der Waals surface area contributed by atoms with Crippen molar-refractivity contribution in [3.63, 3.8) is 0 Å². The maximum atomic E-state index is 12.8. The summed E-state index contributed by atoms with van der Waals surface area (Å²) < 4.78 is 18.4. The number of hydrogen-bond donors (Lipinski definition) is 1. The minimum absolute atomic E-state index is 0.0537. The van der Waals surface area contributed by atoms with Crippen LogP contribution in [0.5, 0.6) is 6.01 Å². The number of nitrogens with zero attached hydrogens (tertiary/aromatic N) is 3. The lowest BCUT2D eigenvalue weighted by molar-refractivity contribution is 0.0925. The van der Waals surface area contributed by atoms with Crippen molar-refractivity contribution >= 4 is 6.03 Å². The number of carbonyl (C=O) groups is 1. The Morgan fingerprint density at radius 1 is 1.45 bits per heavy atom. The molecule has 1 fully saturated rings. The fourth-order valence-corrected chi connectivity index (χ4v) is 2.49. The number of carbonyl (C=O) groups excluding carboxylic acids is 1. The van der Waals surface area contributed by atoms with Gasteiger partial charge in [-0.05, 0) is 25.7 Å². The van der Waals surface area contributed by atoms with Crippen molar-refractivity contribution in [3.05, 3.63) is 18.2 Å². The quantitative estimate of drug-likeness (QED) is 0.906. The van der Waals surface area contributed by atoms with Gasteiger partial charge in [0, 0.05) is 12.6 Å². The van der Waals surface area contributed by atoms with E-state index in [1.165, 1.54) is 0 Å². The molecule has 0 bridgehead atoms. The molecule has 1 saturated heterocycles. The Labute approximate surface area is 130 Å². The summed E-state index contributed by atoms with van der Waals surface area (Å²) in [5.41, 5.74) is 0. The Morgan fingerprint density at radius 2 is 2.14 bits per heavy atom. The first-order valence-corrected chi connectivity index (χ1v) is 7.82. The minimum Gasteiger partial charge on any atom is -0.458 e. The van der Waals surface area contributed by atoms with E-state index < -0.39 is 5.82 Å². The van der Waals surface area contributed by atoms with Crippen molar-refractivity contribution in [1.82, 2.24) is 20.2 Å². The lowest BCUT2D eigenvalue weighted by Crippen LogP contribution is -2.50. The van der Waals surface area contributed by atoms with Crippen LogP contribution in [0.15, 0.2) is 12.4 Å². The first-order valence-electron chi connectivity index (χ1n) is 7.82. The van der Waals surface area contributed by atoms with Crippen LogP contribution in [0.3, 0.4) is 0 Å². The monoisotopic (exact) mass is 310 g/mol. The number of rotatable bonds is 5. The van der Waals surface area contributed by atoms with Crippen molar-refractivity contribution in [3.8, 4) is 6.01 Å². The third-order valence-corrected chi connectivity index (χ3v) is 3.85. The summed E-state index contributed by atoms with van der Waals surface area (Å²) in [4.78, 5) is 21.6. The van der Waals surface area contributed by atoms with Gasteiger partial charge >= 0.3 is 12.0 Å². The molecule has 0 saturated carbocycles. The van der Waals surface area contributed by atoms with Crippen molar-refractivity contribution in [2.24, 2.45) is 0 Å². The molecular weight excluding hydrogens is 287 g/mol. The van der Waals surface area contributed by atoms with Crippen molar-refractivity contribution in [2.45, 2.75) is 51.7 Å². The van der Waals surface area contributed by atoms with E-state index in [1.54, 1.807) is 4.90 Å². The second kappa shape index (κ2) is 7.91. The Bertz CT molecular complexity index is 479. The van der Waals surface area contributed by atoms with Crippen molar-refractivity contribution < 1.29 is 13.9 Å². The number of likely N-dealkylation sites (tertiary alicyclic amines) is 1. The molecule has 7 heteroatoms. The Balaban J connectivity index is 1.88. The first-order chi connectivity index (χ1) is 10.6. The maximum Gasteiger partial charge on any atom is 0.317 e. The number of amides is 2. The van der Waals surface area contributed by atoms with E-state index in [-0.39, 0.29) is 24.2 Å². The molecule has 1 aliphatic rings. The van der Waals surface area contributed by atoms with Crippen LogP contribution in [0, 0.1) is 5.82 Å². The number of aromatic nitrogens is 2. The predicted molar refractivity (Wildman–Crippen MR) is 80.1 cm³/mol. The van der Waals surface area contributed by atoms with Crippen LogP contribution in [-0.4, -0.2) is 46.1 Å². The molecule has 0 aromatic carbocycles. The number of piperidine rings is 1. The number of ether oxygens (including phenoxy) is 1. The van der Waals surface area contributed by atoms with E-state index in [0.717, 1.165) is 44.6 Å². The van der Waals surface area contributed by atoms with Gasteiger partial charge in [-0.2, -0.15) is 0 Å². The first kappa shape index (κ1) is 16.5. The third kappa shape index (κ3) is 4.54. The predicted octanol–water partition coefficient (Wildman–Crippen LogP) is 2.36. The second-order valence-electron chi connectivity index (χ2n) is 5.47. The van der Waals surface area contributed by atoms with Crippen LogP contribution < -0.4 is 10.1 Å². The molecule has 2 amide bonds. The number of urea groups is 1. The average molecular weight is 310 g/mol. The molecule has 0 radical (unpaired) electrons. The van der Waals surface area contributed by atoms with Gasteiger partial charge in [0.2, 0.25) is 0 Å². The summed E-state index contributed by atoms with van der Waals surface area (Å²) in [6, 6.07) is 0.296. The van der Waals surface area contributed by atoms with Gasteiger partial charge in [-0.3, -0.25) is 0 Å². The highest BCUT2D eigenvalue weighted by Crippen LogP contribution is 2.15. The van der Waals surface area contributed by atoms with E-state index >= 15 is 0 Å². The fourth-order valence-electron chi connectivity index (χ4n) is 2.49. The van der Waals surface area contributed by atoms with Gasteiger partial charge in [-0.25, -0.2) is 19.2 Å². The van der Waals surface area contributed by atoms with Crippen LogP contribution in [0.2, 0.25) is 0 Å². The molecule has 122 valence electrons. The van der Waals surface area contributed by atoms with E-state index in [0.29, 0.717) is 6.54 Å². The van der Waals surface area contributed by atoms with Gasteiger partial charge < -0.3 is 15.0 Å². The van der Waals surface area contributed by atoms with Crippen molar-refractivity contribution in [2.75, 3.05) is 13.1 Å². The average Bonchev–Trinajstić information content (AvgIpc) is 2.55. The topological polar surface area (TPSA) is 67.4 Å². The van der Waals surface area contributed by atoms with Crippen LogP contribution in [0.4, 0.5) is 9.18 Å². The second-order valence-corrected chi connectivity index (χ2v) is 5.47. The molecule has 22 heavy (non-hydrogen) atoms. The minimum atomic E-state index is -0.498. The van der Waals surface area contributed by atoms with Gasteiger partial charge in [0.15, 0.2) is 5.82 Å². The molecule has 0 aliphatic carbocycles. The highest BCUT2D eigenvalue weighted by atomic mass is 19.1. The summed E-state index contributed by atoms with van der Waals surface area (Å²) in [5, 5.41) is 3.03. The Morgan fingerprint density at radius 3 is 2.77 bits per heavy atom. The van der Waals surface area contributed by atoms with Crippen LogP contribution in [0.1, 0.15) is 39.5 Å². The standard InChI is InChI=1S/C15H23FN4O2/c1-3-12(4-2)19-15(21)20-7-5-6-13(10-20)22-14-17-8-11(16)9-18-14/h8-9,12-13H,3-7,10H2,1-2H3,(H,19,21). The van der Waals surface area contributed by atoms with Gasteiger partial charge in [0.05, 0.1) is 18.9 Å².